The van der Waals surface area contributed by atoms with E-state index >= 15 is 0 Å². The standard InChI is InChI=1S/C15H22N4O2/c1-11-15(19-6-4-18(5-7-19)8-9-20)17-13-3-2-12(16)10-14(13)21-11/h2-3,10-11,20H,4-9,16H2,1H3. The summed E-state index contributed by atoms with van der Waals surface area (Å²) in [7, 11) is 0. The molecule has 0 spiro atoms. The van der Waals surface area contributed by atoms with Gasteiger partial charge in [-0.2, -0.15) is 0 Å². The molecule has 1 unspecified atom stereocenters. The minimum atomic E-state index is -0.0660. The first-order valence-corrected chi connectivity index (χ1v) is 7.40. The van der Waals surface area contributed by atoms with Gasteiger partial charge in [-0.15, -0.1) is 0 Å². The summed E-state index contributed by atoms with van der Waals surface area (Å²) in [6.07, 6.45) is -0.0660. The van der Waals surface area contributed by atoms with Crippen molar-refractivity contribution in [3.05, 3.63) is 18.2 Å². The number of aliphatic imine (C=N–C) groups is 1. The first kappa shape index (κ1) is 14.2. The SMILES string of the molecule is CC1Oc2cc(N)ccc2N=C1N1CCN(CCO)CC1. The third-order valence-corrected chi connectivity index (χ3v) is 4.00. The molecule has 2 aliphatic heterocycles. The van der Waals surface area contributed by atoms with Crippen molar-refractivity contribution in [2.24, 2.45) is 4.99 Å². The van der Waals surface area contributed by atoms with Crippen molar-refractivity contribution in [3.8, 4) is 5.75 Å². The monoisotopic (exact) mass is 290 g/mol. The number of β-amino-alcohol motifs (C(OH)–C–C–N with tert-alkyl or cyclic N) is 1. The van der Waals surface area contributed by atoms with Crippen LogP contribution in [0.3, 0.4) is 0 Å². The topological polar surface area (TPSA) is 74.3 Å². The normalized spacial score (nSPS) is 22.5. The van der Waals surface area contributed by atoms with Crippen molar-refractivity contribution in [1.82, 2.24) is 9.80 Å². The number of amidine groups is 1. The predicted octanol–water partition coefficient (Wildman–Crippen LogP) is 0.690. The summed E-state index contributed by atoms with van der Waals surface area (Å²) in [5.74, 6) is 1.74. The second-order valence-electron chi connectivity index (χ2n) is 5.51. The molecular weight excluding hydrogens is 268 g/mol. The van der Waals surface area contributed by atoms with Gasteiger partial charge in [0.15, 0.2) is 6.10 Å². The van der Waals surface area contributed by atoms with Crippen molar-refractivity contribution in [3.63, 3.8) is 0 Å². The Hall–Kier alpha value is -1.79. The van der Waals surface area contributed by atoms with E-state index in [0.29, 0.717) is 5.69 Å². The fraction of sp³-hybridized carbons (Fsp3) is 0.533. The molecular formula is C15H22N4O2. The van der Waals surface area contributed by atoms with E-state index in [1.54, 1.807) is 0 Å². The van der Waals surface area contributed by atoms with Crippen molar-refractivity contribution in [2.75, 3.05) is 45.1 Å². The van der Waals surface area contributed by atoms with Crippen molar-refractivity contribution in [2.45, 2.75) is 13.0 Å². The van der Waals surface area contributed by atoms with Crippen LogP contribution < -0.4 is 10.5 Å². The molecule has 1 aromatic rings. The summed E-state index contributed by atoms with van der Waals surface area (Å²) in [5.41, 5.74) is 7.32. The lowest BCUT2D eigenvalue weighted by Gasteiger charge is -2.39. The van der Waals surface area contributed by atoms with Gasteiger partial charge in [-0.3, -0.25) is 4.90 Å². The molecule has 3 rings (SSSR count). The number of nitrogen functional groups attached to an aromatic ring is 1. The van der Waals surface area contributed by atoms with Gasteiger partial charge < -0.3 is 20.5 Å². The summed E-state index contributed by atoms with van der Waals surface area (Å²) in [4.78, 5) is 9.30. The highest BCUT2D eigenvalue weighted by Gasteiger charge is 2.27. The fourth-order valence-corrected chi connectivity index (χ4v) is 2.84. The number of nitrogens with zero attached hydrogens (tertiary/aromatic N) is 3. The summed E-state index contributed by atoms with van der Waals surface area (Å²) in [6, 6.07) is 5.57. The lowest BCUT2D eigenvalue weighted by atomic mass is 10.2. The Kier molecular flexibility index (Phi) is 3.98. The summed E-state index contributed by atoms with van der Waals surface area (Å²) in [6.45, 7) is 6.70. The molecule has 1 saturated heterocycles. The molecule has 6 nitrogen and oxygen atoms in total. The Morgan fingerprint density at radius 3 is 2.81 bits per heavy atom. The quantitative estimate of drug-likeness (QED) is 0.784. The minimum Gasteiger partial charge on any atom is -0.480 e. The molecule has 0 bridgehead atoms. The number of hydrogen-bond donors (Lipinski definition) is 2. The van der Waals surface area contributed by atoms with Gasteiger partial charge in [0.05, 0.1) is 6.61 Å². The highest BCUT2D eigenvalue weighted by molar-refractivity contribution is 5.91. The molecule has 1 aromatic carbocycles. The number of nitrogens with two attached hydrogens (primary N) is 1. The Balaban J connectivity index is 1.75. The van der Waals surface area contributed by atoms with Crippen LogP contribution in [-0.2, 0) is 0 Å². The maximum absolute atomic E-state index is 9.00. The van der Waals surface area contributed by atoms with Gasteiger partial charge in [0.2, 0.25) is 0 Å². The Morgan fingerprint density at radius 1 is 1.33 bits per heavy atom. The second kappa shape index (κ2) is 5.91. The second-order valence-corrected chi connectivity index (χ2v) is 5.51. The molecule has 3 N–H and O–H groups in total. The average Bonchev–Trinajstić information content (AvgIpc) is 2.48. The maximum Gasteiger partial charge on any atom is 0.153 e. The Bertz CT molecular complexity index is 538. The molecule has 0 aliphatic carbocycles. The molecule has 0 aromatic heterocycles. The van der Waals surface area contributed by atoms with Crippen LogP contribution in [0.15, 0.2) is 23.2 Å². The maximum atomic E-state index is 9.00. The number of piperazine rings is 1. The minimum absolute atomic E-state index is 0.0660. The van der Waals surface area contributed by atoms with Gasteiger partial charge >= 0.3 is 0 Å². The lowest BCUT2D eigenvalue weighted by Crippen LogP contribution is -2.52. The van der Waals surface area contributed by atoms with Gasteiger partial charge in [-0.25, -0.2) is 4.99 Å². The number of anilines is 1. The van der Waals surface area contributed by atoms with E-state index in [9.17, 15) is 0 Å². The van der Waals surface area contributed by atoms with Crippen LogP contribution in [0.4, 0.5) is 11.4 Å². The third kappa shape index (κ3) is 2.96. The van der Waals surface area contributed by atoms with Crippen LogP contribution in [0, 0.1) is 0 Å². The van der Waals surface area contributed by atoms with Crippen LogP contribution in [0.25, 0.3) is 0 Å². The van der Waals surface area contributed by atoms with Crippen LogP contribution in [-0.4, -0.2) is 66.2 Å². The molecule has 0 radical (unpaired) electrons. The molecule has 1 fully saturated rings. The number of aliphatic hydroxyl groups is 1. The predicted molar refractivity (Wildman–Crippen MR) is 83.1 cm³/mol. The number of aliphatic hydroxyl groups excluding tert-OH is 1. The zero-order chi connectivity index (χ0) is 14.8. The van der Waals surface area contributed by atoms with Crippen LogP contribution in [0.1, 0.15) is 6.92 Å². The van der Waals surface area contributed by atoms with Gasteiger partial charge in [0.1, 0.15) is 17.3 Å². The van der Waals surface area contributed by atoms with E-state index in [1.165, 1.54) is 0 Å². The molecule has 2 aliphatic rings. The molecule has 2 heterocycles. The van der Waals surface area contributed by atoms with Gasteiger partial charge in [-0.05, 0) is 19.1 Å². The zero-order valence-electron chi connectivity index (χ0n) is 12.3. The lowest BCUT2D eigenvalue weighted by molar-refractivity contribution is 0.139. The molecule has 6 heteroatoms. The van der Waals surface area contributed by atoms with Crippen LogP contribution in [0.5, 0.6) is 5.75 Å². The van der Waals surface area contributed by atoms with Crippen LogP contribution >= 0.6 is 0 Å². The molecule has 0 amide bonds. The van der Waals surface area contributed by atoms with Crippen molar-refractivity contribution in [1.29, 1.82) is 0 Å². The smallest absolute Gasteiger partial charge is 0.153 e. The summed E-state index contributed by atoms with van der Waals surface area (Å²) in [5, 5.41) is 9.00. The van der Waals surface area contributed by atoms with E-state index in [1.807, 2.05) is 25.1 Å². The summed E-state index contributed by atoms with van der Waals surface area (Å²) < 4.78 is 5.95. The van der Waals surface area contributed by atoms with Crippen LogP contribution in [0.2, 0.25) is 0 Å². The van der Waals surface area contributed by atoms with E-state index in [-0.39, 0.29) is 12.7 Å². The van der Waals surface area contributed by atoms with Gasteiger partial charge in [-0.1, -0.05) is 0 Å². The first-order chi connectivity index (χ1) is 10.2. The van der Waals surface area contributed by atoms with Crippen molar-refractivity contribution >= 4 is 17.2 Å². The largest absolute Gasteiger partial charge is 0.480 e. The van der Waals surface area contributed by atoms with Gasteiger partial charge in [0.25, 0.3) is 0 Å². The number of hydrogen-bond acceptors (Lipinski definition) is 6. The van der Waals surface area contributed by atoms with E-state index in [0.717, 1.165) is 50.0 Å². The number of rotatable bonds is 2. The number of benzene rings is 1. The highest BCUT2D eigenvalue weighted by Crippen LogP contribution is 2.34. The molecule has 21 heavy (non-hydrogen) atoms. The molecule has 1 atom stereocenters. The Morgan fingerprint density at radius 2 is 2.10 bits per heavy atom. The fourth-order valence-electron chi connectivity index (χ4n) is 2.84. The third-order valence-electron chi connectivity index (χ3n) is 4.00. The Labute approximate surface area is 124 Å². The number of fused-ring (bicyclic) bond motifs is 1. The van der Waals surface area contributed by atoms with Crippen molar-refractivity contribution < 1.29 is 9.84 Å². The average molecular weight is 290 g/mol. The zero-order valence-corrected chi connectivity index (χ0v) is 12.3. The molecule has 0 saturated carbocycles. The molecule has 114 valence electrons. The van der Waals surface area contributed by atoms with E-state index < -0.39 is 0 Å². The van der Waals surface area contributed by atoms with Gasteiger partial charge in [0, 0.05) is 44.5 Å². The summed E-state index contributed by atoms with van der Waals surface area (Å²) >= 11 is 0. The first-order valence-electron chi connectivity index (χ1n) is 7.40. The van der Waals surface area contributed by atoms with E-state index in [2.05, 4.69) is 9.80 Å². The van der Waals surface area contributed by atoms with E-state index in [4.69, 9.17) is 20.6 Å². The number of ether oxygens (including phenoxy) is 1. The highest BCUT2D eigenvalue weighted by atomic mass is 16.5.